The second-order valence-corrected chi connectivity index (χ2v) is 5.86. The second kappa shape index (κ2) is 8.60. The highest BCUT2D eigenvalue weighted by Gasteiger charge is 2.28. The molecule has 0 aliphatic rings. The van der Waals surface area contributed by atoms with Gasteiger partial charge in [0, 0.05) is 30.0 Å². The van der Waals surface area contributed by atoms with Gasteiger partial charge in [-0.15, -0.1) is 0 Å². The lowest BCUT2D eigenvalue weighted by molar-refractivity contribution is -0.149. The summed E-state index contributed by atoms with van der Waals surface area (Å²) in [5.74, 6) is -1.08. The van der Waals surface area contributed by atoms with Crippen molar-refractivity contribution < 1.29 is 14.6 Å². The minimum Gasteiger partial charge on any atom is -0.479 e. The molecule has 1 N–H and O–H groups in total. The van der Waals surface area contributed by atoms with Gasteiger partial charge in [0.25, 0.3) is 0 Å². The number of fused-ring (bicyclic) bond motifs is 1. The summed E-state index contributed by atoms with van der Waals surface area (Å²) in [4.78, 5) is 16.1. The van der Waals surface area contributed by atoms with E-state index < -0.39 is 12.1 Å². The average molecular weight is 367 g/mol. The van der Waals surface area contributed by atoms with Crippen molar-refractivity contribution in [1.82, 2.24) is 14.6 Å². The molecular weight excluding hydrogens is 342 g/mol. The molecule has 0 fully saturated rings. The molecule has 1 aromatic carbocycles. The first-order valence-electron chi connectivity index (χ1n) is 8.81. The average Bonchev–Trinajstić information content (AvgIpc) is 3.07. The van der Waals surface area contributed by atoms with Crippen LogP contribution in [0, 0.1) is 6.92 Å². The molecule has 0 saturated carbocycles. The number of nitrogens with zero attached hydrogens (tertiary/aromatic N) is 3. The lowest BCUT2D eigenvalue weighted by Crippen LogP contribution is -2.19. The molecule has 0 radical (unpaired) electrons. The fraction of sp³-hybridized carbons (Fsp3) is 0.286. The molecule has 0 aliphatic heterocycles. The van der Waals surface area contributed by atoms with Crippen molar-refractivity contribution in [2.75, 3.05) is 7.11 Å². The first kappa shape index (κ1) is 20.3. The van der Waals surface area contributed by atoms with Crippen molar-refractivity contribution in [3.63, 3.8) is 0 Å². The zero-order valence-corrected chi connectivity index (χ0v) is 16.4. The van der Waals surface area contributed by atoms with Crippen molar-refractivity contribution >= 4 is 17.2 Å². The Morgan fingerprint density at radius 2 is 1.89 bits per heavy atom. The molecule has 0 saturated heterocycles. The number of methoxy groups -OCH3 is 1. The van der Waals surface area contributed by atoms with Gasteiger partial charge in [0.05, 0.1) is 11.4 Å². The van der Waals surface area contributed by atoms with E-state index >= 15 is 0 Å². The molecule has 142 valence electrons. The van der Waals surface area contributed by atoms with Crippen LogP contribution in [0.15, 0.2) is 43.0 Å². The van der Waals surface area contributed by atoms with E-state index in [2.05, 4.69) is 16.7 Å². The Balaban J connectivity index is 0.00000126. The van der Waals surface area contributed by atoms with Gasteiger partial charge in [0.2, 0.25) is 0 Å². The number of benzene rings is 1. The summed E-state index contributed by atoms with van der Waals surface area (Å²) in [6, 6.07) is 11.6. The Morgan fingerprint density at radius 1 is 1.26 bits per heavy atom. The van der Waals surface area contributed by atoms with Crippen LogP contribution in [0.1, 0.15) is 43.8 Å². The van der Waals surface area contributed by atoms with E-state index in [0.29, 0.717) is 28.2 Å². The van der Waals surface area contributed by atoms with Crippen molar-refractivity contribution in [2.24, 2.45) is 0 Å². The Labute approximate surface area is 159 Å². The summed E-state index contributed by atoms with van der Waals surface area (Å²) in [5, 5.41) is 14.1. The lowest BCUT2D eigenvalue weighted by Gasteiger charge is -2.18. The summed E-state index contributed by atoms with van der Waals surface area (Å²) in [5.41, 5.74) is 4.71. The third kappa shape index (κ3) is 3.90. The molecule has 0 spiro atoms. The number of carboxylic acid groups (broad SMARTS) is 1. The van der Waals surface area contributed by atoms with Crippen molar-refractivity contribution in [2.45, 2.75) is 33.8 Å². The number of ether oxygens (including phenoxy) is 1. The lowest BCUT2D eigenvalue weighted by atomic mass is 10.0. The number of carboxylic acids is 1. The van der Waals surface area contributed by atoms with Crippen molar-refractivity contribution in [3.05, 3.63) is 59.9 Å². The van der Waals surface area contributed by atoms with Crippen LogP contribution >= 0.6 is 0 Å². The molecule has 27 heavy (non-hydrogen) atoms. The summed E-state index contributed by atoms with van der Waals surface area (Å²) in [6.45, 7) is 11.6. The molecule has 2 aromatic heterocycles. The van der Waals surface area contributed by atoms with E-state index in [1.54, 1.807) is 11.4 Å². The van der Waals surface area contributed by atoms with E-state index in [9.17, 15) is 9.90 Å². The zero-order valence-electron chi connectivity index (χ0n) is 16.4. The van der Waals surface area contributed by atoms with Crippen LogP contribution in [0.3, 0.4) is 0 Å². The first-order chi connectivity index (χ1) is 12.9. The predicted octanol–water partition coefficient (Wildman–Crippen LogP) is 4.54. The van der Waals surface area contributed by atoms with Gasteiger partial charge in [-0.1, -0.05) is 50.8 Å². The summed E-state index contributed by atoms with van der Waals surface area (Å²) in [7, 11) is 1.36. The van der Waals surface area contributed by atoms with Gasteiger partial charge in [0.1, 0.15) is 0 Å². The fourth-order valence-corrected chi connectivity index (χ4v) is 2.95. The molecule has 6 nitrogen and oxygen atoms in total. The van der Waals surface area contributed by atoms with Crippen LogP contribution in [-0.4, -0.2) is 32.8 Å². The number of allylic oxidation sites excluding steroid dienone is 1. The molecule has 6 heteroatoms. The standard InChI is InChI=1S/C19H19N3O3.C2H6/c1-11(2)17-16(18(25-4)19(23)24)12(3)20-15-10-14(21-22(15)17)13-8-6-5-7-9-13;1-2/h5-10,18H,1H2,2-4H3,(H,23,24);1-2H3. The molecule has 3 aromatic rings. The van der Waals surface area contributed by atoms with Crippen LogP contribution in [0.4, 0.5) is 0 Å². The zero-order chi connectivity index (χ0) is 20.1. The normalized spacial score (nSPS) is 11.6. The Bertz CT molecular complexity index is 962. The molecule has 0 bridgehead atoms. The van der Waals surface area contributed by atoms with Crippen LogP contribution in [0.5, 0.6) is 0 Å². The van der Waals surface area contributed by atoms with Crippen molar-refractivity contribution in [3.8, 4) is 11.3 Å². The monoisotopic (exact) mass is 367 g/mol. The third-order valence-corrected chi connectivity index (χ3v) is 4.03. The molecule has 1 unspecified atom stereocenters. The number of hydrogen-bond acceptors (Lipinski definition) is 4. The Kier molecular flexibility index (Phi) is 6.47. The largest absolute Gasteiger partial charge is 0.479 e. The molecular formula is C21H25N3O3. The van der Waals surface area contributed by atoms with E-state index in [4.69, 9.17) is 4.74 Å². The minimum atomic E-state index is -1.13. The summed E-state index contributed by atoms with van der Waals surface area (Å²) in [6.07, 6.45) is -1.13. The second-order valence-electron chi connectivity index (χ2n) is 5.86. The van der Waals surface area contributed by atoms with Crippen LogP contribution in [0.25, 0.3) is 22.5 Å². The molecule has 2 heterocycles. The van der Waals surface area contributed by atoms with Gasteiger partial charge in [-0.3, -0.25) is 0 Å². The Hall–Kier alpha value is -2.99. The van der Waals surface area contributed by atoms with Gasteiger partial charge < -0.3 is 9.84 Å². The third-order valence-electron chi connectivity index (χ3n) is 4.03. The van der Waals surface area contributed by atoms with E-state index in [0.717, 1.165) is 11.3 Å². The fourth-order valence-electron chi connectivity index (χ4n) is 2.95. The van der Waals surface area contributed by atoms with Gasteiger partial charge in [-0.05, 0) is 19.4 Å². The van der Waals surface area contributed by atoms with E-state index in [-0.39, 0.29) is 0 Å². The quantitative estimate of drug-likeness (QED) is 0.716. The van der Waals surface area contributed by atoms with E-state index in [1.165, 1.54) is 7.11 Å². The SMILES string of the molecule is C=C(C)c1c(C(OC)C(=O)O)c(C)nc2cc(-c3ccccc3)nn12.CC. The van der Waals surface area contributed by atoms with Crippen molar-refractivity contribution in [1.29, 1.82) is 0 Å². The highest BCUT2D eigenvalue weighted by molar-refractivity contribution is 5.79. The number of aryl methyl sites for hydroxylation is 1. The summed E-state index contributed by atoms with van der Waals surface area (Å²) < 4.78 is 6.83. The summed E-state index contributed by atoms with van der Waals surface area (Å²) >= 11 is 0. The number of aliphatic carboxylic acids is 1. The maximum atomic E-state index is 11.6. The Morgan fingerprint density at radius 3 is 2.41 bits per heavy atom. The molecule has 0 amide bonds. The molecule has 3 rings (SSSR count). The van der Waals surface area contributed by atoms with Gasteiger partial charge in [0.15, 0.2) is 11.8 Å². The molecule has 1 atom stereocenters. The number of carbonyl (C=O) groups is 1. The number of hydrogen-bond donors (Lipinski definition) is 1. The van der Waals surface area contributed by atoms with Crippen LogP contribution < -0.4 is 0 Å². The van der Waals surface area contributed by atoms with Gasteiger partial charge in [-0.2, -0.15) is 5.10 Å². The van der Waals surface area contributed by atoms with E-state index in [1.807, 2.05) is 57.2 Å². The predicted molar refractivity (Wildman–Crippen MR) is 107 cm³/mol. The minimum absolute atomic E-state index is 0.470. The van der Waals surface area contributed by atoms with Crippen LogP contribution in [-0.2, 0) is 9.53 Å². The highest BCUT2D eigenvalue weighted by atomic mass is 16.5. The first-order valence-corrected chi connectivity index (χ1v) is 8.81. The number of rotatable bonds is 5. The molecule has 0 aliphatic carbocycles. The maximum Gasteiger partial charge on any atom is 0.337 e. The van der Waals surface area contributed by atoms with Gasteiger partial charge in [-0.25, -0.2) is 14.3 Å². The van der Waals surface area contributed by atoms with Crippen LogP contribution in [0.2, 0.25) is 0 Å². The maximum absolute atomic E-state index is 11.6. The van der Waals surface area contributed by atoms with Gasteiger partial charge >= 0.3 is 5.97 Å². The highest BCUT2D eigenvalue weighted by Crippen LogP contribution is 2.30. The topological polar surface area (TPSA) is 76.7 Å². The smallest absolute Gasteiger partial charge is 0.337 e. The number of aromatic nitrogens is 3.